The fourth-order valence-corrected chi connectivity index (χ4v) is 3.05. The molecule has 1 aliphatic rings. The minimum absolute atomic E-state index is 0.00327. The van der Waals surface area contributed by atoms with Crippen LogP contribution in [0, 0.1) is 5.82 Å². The van der Waals surface area contributed by atoms with Gasteiger partial charge in [-0.05, 0) is 29.5 Å². The van der Waals surface area contributed by atoms with E-state index in [2.05, 4.69) is 25.1 Å². The molecule has 1 saturated heterocycles. The van der Waals surface area contributed by atoms with E-state index in [1.807, 2.05) is 0 Å². The third kappa shape index (κ3) is 6.79. The van der Waals surface area contributed by atoms with Gasteiger partial charge in [0.1, 0.15) is 11.5 Å². The van der Waals surface area contributed by atoms with E-state index in [4.69, 9.17) is 19.2 Å². The van der Waals surface area contributed by atoms with Gasteiger partial charge in [0.15, 0.2) is 12.2 Å². The second-order valence-electron chi connectivity index (χ2n) is 7.23. The average Bonchev–Trinajstić information content (AvgIpc) is 3.37. The Kier molecular flexibility index (Phi) is 7.70. The summed E-state index contributed by atoms with van der Waals surface area (Å²) < 4.78 is 66.2. The molecule has 4 N–H and O–H groups in total. The lowest BCUT2D eigenvalue weighted by Gasteiger charge is -2.19. The average molecular weight is 536 g/mol. The molecular weight excluding hydrogens is 519 g/mol. The topological polar surface area (TPSA) is 184 Å². The fourth-order valence-electron chi connectivity index (χ4n) is 3.05. The zero-order valence-corrected chi connectivity index (χ0v) is 18.9. The Hall–Kier alpha value is -3.50. The number of hydrogen-bond acceptors (Lipinski definition) is 8. The zero-order valence-electron chi connectivity index (χ0n) is 18.0. The number of halogens is 4. The highest BCUT2D eigenvalue weighted by Gasteiger charge is 2.49. The number of tetrazole rings is 1. The highest BCUT2D eigenvalue weighted by molar-refractivity contribution is 7.45. The van der Waals surface area contributed by atoms with Crippen molar-refractivity contribution >= 4 is 19.6 Å². The number of aryl methyl sites for hydroxylation is 1. The molecular formula is C18H17F4N6O7P. The van der Waals surface area contributed by atoms with E-state index in [-0.39, 0.29) is 11.3 Å². The van der Waals surface area contributed by atoms with Crippen LogP contribution in [0.2, 0.25) is 0 Å². The van der Waals surface area contributed by atoms with Crippen molar-refractivity contribution in [2.75, 3.05) is 11.4 Å². The van der Waals surface area contributed by atoms with Crippen molar-refractivity contribution in [3.63, 3.8) is 0 Å². The van der Waals surface area contributed by atoms with Gasteiger partial charge in [-0.2, -0.15) is 18.0 Å². The van der Waals surface area contributed by atoms with Crippen molar-refractivity contribution in [3.8, 4) is 22.6 Å². The second-order valence-corrected chi connectivity index (χ2v) is 8.26. The van der Waals surface area contributed by atoms with Crippen LogP contribution in [0.15, 0.2) is 36.5 Å². The summed E-state index contributed by atoms with van der Waals surface area (Å²) in [6, 6.07) is 6.90. The molecule has 36 heavy (non-hydrogen) atoms. The number of cyclic esters (lactones) is 1. The summed E-state index contributed by atoms with van der Waals surface area (Å²) in [6.45, 7) is -0.570. The monoisotopic (exact) mass is 536 g/mol. The van der Waals surface area contributed by atoms with Crippen LogP contribution in [0.4, 0.5) is 28.0 Å². The standard InChI is InChI=1S/C18H14F4N6O3.H3O4P/c1-27-25-16(24-26-27)13-5-2-9(7-23-13)11-4-3-10(6-12(11)19)28-8-14(31-17(28)30)15(29)18(20,21)22;1-5(2,3)4/h2-7,14-15,29H,8H2,1H3;(H3,1,2,3,4)/t14-,15?;/m1./s1. The van der Waals surface area contributed by atoms with Crippen LogP contribution >= 0.6 is 7.82 Å². The van der Waals surface area contributed by atoms with Gasteiger partial charge in [-0.25, -0.2) is 13.8 Å². The molecule has 3 aromatic rings. The lowest BCUT2D eigenvalue weighted by molar-refractivity contribution is -0.224. The maximum absolute atomic E-state index is 14.7. The zero-order chi connectivity index (χ0) is 26.8. The van der Waals surface area contributed by atoms with Crippen LogP contribution in [0.25, 0.3) is 22.6 Å². The van der Waals surface area contributed by atoms with Crippen LogP contribution < -0.4 is 4.90 Å². The van der Waals surface area contributed by atoms with Crippen LogP contribution in [0.5, 0.6) is 0 Å². The lowest BCUT2D eigenvalue weighted by atomic mass is 10.1. The first-order valence-corrected chi connectivity index (χ1v) is 11.2. The molecule has 0 spiro atoms. The van der Waals surface area contributed by atoms with Crippen LogP contribution in [-0.2, 0) is 16.3 Å². The van der Waals surface area contributed by atoms with Gasteiger partial charge < -0.3 is 24.5 Å². The van der Waals surface area contributed by atoms with Gasteiger partial charge >= 0.3 is 20.1 Å². The third-order valence-electron chi connectivity index (χ3n) is 4.60. The Labute approximate surface area is 198 Å². The number of benzene rings is 1. The number of anilines is 1. The van der Waals surface area contributed by atoms with Gasteiger partial charge in [-0.3, -0.25) is 9.88 Å². The molecule has 1 unspecified atom stereocenters. The Morgan fingerprint density at radius 2 is 1.86 bits per heavy atom. The summed E-state index contributed by atoms with van der Waals surface area (Å²) in [5.41, 5.74) is 1.01. The SMILES string of the molecule is Cn1nnc(-c2ccc(-c3ccc(N4C[C@H](C(O)C(F)(F)F)OC4=O)cc3F)cn2)n1.O=P(O)(O)O. The van der Waals surface area contributed by atoms with Gasteiger partial charge in [0.2, 0.25) is 5.82 Å². The Morgan fingerprint density at radius 3 is 2.36 bits per heavy atom. The van der Waals surface area contributed by atoms with Gasteiger partial charge in [-0.1, -0.05) is 6.07 Å². The first-order valence-electron chi connectivity index (χ1n) is 9.65. The molecule has 2 atom stereocenters. The molecule has 4 rings (SSSR count). The van der Waals surface area contributed by atoms with Crippen LogP contribution in [0.1, 0.15) is 0 Å². The quantitative estimate of drug-likeness (QED) is 0.279. The maximum atomic E-state index is 14.7. The van der Waals surface area contributed by atoms with Gasteiger partial charge in [0.25, 0.3) is 0 Å². The number of ether oxygens (including phenoxy) is 1. The van der Waals surface area contributed by atoms with E-state index < -0.39 is 44.7 Å². The molecule has 0 radical (unpaired) electrons. The lowest BCUT2D eigenvalue weighted by Crippen LogP contribution is -2.42. The van der Waals surface area contributed by atoms with Crippen molar-refractivity contribution in [1.29, 1.82) is 0 Å². The number of pyridine rings is 1. The van der Waals surface area contributed by atoms with Crippen LogP contribution in [0.3, 0.4) is 0 Å². The largest absolute Gasteiger partial charge is 0.466 e. The highest BCUT2D eigenvalue weighted by atomic mass is 31.2. The van der Waals surface area contributed by atoms with E-state index in [0.29, 0.717) is 17.1 Å². The molecule has 0 saturated carbocycles. The number of phosphoric acid groups is 1. The normalized spacial score (nSPS) is 16.9. The van der Waals surface area contributed by atoms with Gasteiger partial charge in [0.05, 0.1) is 19.3 Å². The number of aliphatic hydroxyl groups excluding tert-OH is 1. The summed E-state index contributed by atoms with van der Waals surface area (Å²) in [5.74, 6) is -0.426. The number of amides is 1. The van der Waals surface area contributed by atoms with Crippen molar-refractivity contribution in [2.45, 2.75) is 18.4 Å². The molecule has 0 bridgehead atoms. The minimum atomic E-state index is -4.95. The number of alkyl halides is 3. The number of carbonyl (C=O) groups is 1. The molecule has 1 aromatic carbocycles. The third-order valence-corrected chi connectivity index (χ3v) is 4.60. The first-order chi connectivity index (χ1) is 16.6. The van der Waals surface area contributed by atoms with Crippen molar-refractivity contribution in [3.05, 3.63) is 42.3 Å². The molecule has 0 aliphatic carbocycles. The molecule has 194 valence electrons. The van der Waals surface area contributed by atoms with Crippen molar-refractivity contribution in [1.82, 2.24) is 25.2 Å². The Balaban J connectivity index is 0.000000658. The number of hydrogen-bond donors (Lipinski definition) is 4. The summed E-state index contributed by atoms with van der Waals surface area (Å²) in [7, 11) is -3.04. The fraction of sp³-hybridized carbons (Fsp3) is 0.278. The molecule has 2 aromatic heterocycles. The molecule has 1 amide bonds. The molecule has 18 heteroatoms. The molecule has 3 heterocycles. The number of carbonyl (C=O) groups excluding carboxylic acids is 1. The highest BCUT2D eigenvalue weighted by Crippen LogP contribution is 2.32. The number of nitrogens with zero attached hydrogens (tertiary/aromatic N) is 6. The molecule has 13 nitrogen and oxygen atoms in total. The van der Waals surface area contributed by atoms with Crippen molar-refractivity contribution < 1.29 is 51.4 Å². The van der Waals surface area contributed by atoms with E-state index in [1.165, 1.54) is 23.1 Å². The van der Waals surface area contributed by atoms with Crippen molar-refractivity contribution in [2.24, 2.45) is 7.05 Å². The van der Waals surface area contributed by atoms with E-state index in [1.54, 1.807) is 19.2 Å². The van der Waals surface area contributed by atoms with E-state index in [9.17, 15) is 27.5 Å². The molecule has 1 fully saturated rings. The number of aromatic nitrogens is 5. The maximum Gasteiger partial charge on any atom is 0.466 e. The smallest absolute Gasteiger partial charge is 0.441 e. The van der Waals surface area contributed by atoms with Gasteiger partial charge in [0, 0.05) is 17.3 Å². The number of rotatable bonds is 4. The Morgan fingerprint density at radius 1 is 1.19 bits per heavy atom. The summed E-state index contributed by atoms with van der Waals surface area (Å²) >= 11 is 0. The molecule has 1 aliphatic heterocycles. The van der Waals surface area contributed by atoms with Gasteiger partial charge in [-0.15, -0.1) is 10.2 Å². The Bertz CT molecular complexity index is 1280. The predicted octanol–water partition coefficient (Wildman–Crippen LogP) is 1.40. The summed E-state index contributed by atoms with van der Waals surface area (Å²) in [4.78, 5) is 39.8. The first kappa shape index (κ1) is 27.1. The number of aliphatic hydroxyl groups is 1. The van der Waals surface area contributed by atoms with E-state index in [0.717, 1.165) is 11.0 Å². The summed E-state index contributed by atoms with van der Waals surface area (Å²) in [6.07, 6.45) is -9.29. The van der Waals surface area contributed by atoms with Crippen LogP contribution in [-0.4, -0.2) is 76.0 Å². The minimum Gasteiger partial charge on any atom is -0.441 e. The predicted molar refractivity (Wildman–Crippen MR) is 111 cm³/mol. The van der Waals surface area contributed by atoms with E-state index >= 15 is 0 Å². The second kappa shape index (κ2) is 10.2. The summed E-state index contributed by atoms with van der Waals surface area (Å²) in [5, 5.41) is 20.9.